The molecule has 3 heterocycles. The Hall–Kier alpha value is -1.13. The number of hydrogen-bond acceptors (Lipinski definition) is 4. The van der Waals surface area contributed by atoms with Crippen molar-refractivity contribution in [2.75, 3.05) is 18.8 Å². The number of piperazine rings is 1. The summed E-state index contributed by atoms with van der Waals surface area (Å²) in [5.41, 5.74) is 6.82. The second kappa shape index (κ2) is 3.47. The molecule has 0 amide bonds. The number of nitrogens with zero attached hydrogens (tertiary/aromatic N) is 2. The molecule has 2 bridgehead atoms. The van der Waals surface area contributed by atoms with Crippen molar-refractivity contribution in [3.8, 4) is 0 Å². The minimum absolute atomic E-state index is 0.600. The Morgan fingerprint density at radius 1 is 1.53 bits per heavy atom. The Bertz CT molecular complexity index is 348. The fourth-order valence-electron chi connectivity index (χ4n) is 2.60. The quantitative estimate of drug-likeness (QED) is 0.723. The Kier molecular flexibility index (Phi) is 2.11. The van der Waals surface area contributed by atoms with Crippen molar-refractivity contribution in [2.45, 2.75) is 25.0 Å². The molecule has 2 aliphatic rings. The lowest BCUT2D eigenvalue weighted by atomic mass is 10.2. The van der Waals surface area contributed by atoms with Crippen molar-refractivity contribution >= 4 is 5.82 Å². The average molecular weight is 204 g/mol. The summed E-state index contributed by atoms with van der Waals surface area (Å²) in [6, 6.07) is 5.40. The van der Waals surface area contributed by atoms with Crippen LogP contribution in [0.4, 0.5) is 5.82 Å². The van der Waals surface area contributed by atoms with Crippen molar-refractivity contribution in [1.29, 1.82) is 0 Å². The summed E-state index contributed by atoms with van der Waals surface area (Å²) >= 11 is 0. The number of likely N-dealkylation sites (tertiary alicyclic amines) is 1. The van der Waals surface area contributed by atoms with E-state index in [2.05, 4.69) is 21.3 Å². The van der Waals surface area contributed by atoms with E-state index in [0.29, 0.717) is 5.82 Å². The lowest BCUT2D eigenvalue weighted by molar-refractivity contribution is 0.217. The van der Waals surface area contributed by atoms with E-state index in [1.807, 2.05) is 12.3 Å². The zero-order valence-electron chi connectivity index (χ0n) is 8.69. The highest BCUT2D eigenvalue weighted by Crippen LogP contribution is 2.24. The van der Waals surface area contributed by atoms with Crippen molar-refractivity contribution in [2.24, 2.45) is 0 Å². The van der Waals surface area contributed by atoms with Gasteiger partial charge in [-0.3, -0.25) is 4.90 Å². The number of fused-ring (bicyclic) bond motifs is 2. The average Bonchev–Trinajstić information content (AvgIpc) is 2.83. The van der Waals surface area contributed by atoms with Crippen molar-refractivity contribution in [3.05, 3.63) is 23.9 Å². The zero-order valence-corrected chi connectivity index (χ0v) is 8.69. The number of nitrogens with two attached hydrogens (primary N) is 1. The second-order valence-corrected chi connectivity index (χ2v) is 4.52. The first-order valence-electron chi connectivity index (χ1n) is 5.49. The Balaban J connectivity index is 1.68. The van der Waals surface area contributed by atoms with Gasteiger partial charge in [-0.05, 0) is 18.1 Å². The summed E-state index contributed by atoms with van der Waals surface area (Å²) in [6.45, 7) is 3.33. The smallest absolute Gasteiger partial charge is 0.123 e. The van der Waals surface area contributed by atoms with E-state index in [1.54, 1.807) is 0 Å². The second-order valence-electron chi connectivity index (χ2n) is 4.52. The maximum Gasteiger partial charge on any atom is 0.123 e. The van der Waals surface area contributed by atoms with Crippen LogP contribution in [-0.4, -0.2) is 35.1 Å². The number of anilines is 1. The van der Waals surface area contributed by atoms with Gasteiger partial charge in [0.15, 0.2) is 0 Å². The molecule has 0 saturated carbocycles. The summed E-state index contributed by atoms with van der Waals surface area (Å²) in [5, 5.41) is 3.50. The molecule has 2 saturated heterocycles. The Morgan fingerprint density at radius 2 is 2.47 bits per heavy atom. The third-order valence-electron chi connectivity index (χ3n) is 3.40. The van der Waals surface area contributed by atoms with Gasteiger partial charge in [0.25, 0.3) is 0 Å². The van der Waals surface area contributed by atoms with Crippen LogP contribution in [0.3, 0.4) is 0 Å². The Morgan fingerprint density at radius 3 is 3.07 bits per heavy atom. The number of nitrogen functional groups attached to an aromatic ring is 1. The first kappa shape index (κ1) is 9.12. The van der Waals surface area contributed by atoms with Crippen molar-refractivity contribution < 1.29 is 0 Å². The van der Waals surface area contributed by atoms with E-state index < -0.39 is 0 Å². The van der Waals surface area contributed by atoms with Gasteiger partial charge in [0.05, 0.1) is 0 Å². The SMILES string of the molecule is Nc1ccc(CN2C[C@@H]3C[C@H]2CN3)cn1. The summed E-state index contributed by atoms with van der Waals surface area (Å²) in [4.78, 5) is 6.65. The zero-order chi connectivity index (χ0) is 10.3. The molecule has 4 nitrogen and oxygen atoms in total. The third-order valence-corrected chi connectivity index (χ3v) is 3.40. The Labute approximate surface area is 89.5 Å². The van der Waals surface area contributed by atoms with Gasteiger partial charge in [0.1, 0.15) is 5.82 Å². The normalized spacial score (nSPS) is 29.9. The minimum Gasteiger partial charge on any atom is -0.384 e. The van der Waals surface area contributed by atoms with Crippen LogP contribution in [-0.2, 0) is 6.54 Å². The molecule has 3 rings (SSSR count). The topological polar surface area (TPSA) is 54.2 Å². The number of rotatable bonds is 2. The van der Waals surface area contributed by atoms with Gasteiger partial charge >= 0.3 is 0 Å². The highest BCUT2D eigenvalue weighted by atomic mass is 15.3. The fourth-order valence-corrected chi connectivity index (χ4v) is 2.60. The fraction of sp³-hybridized carbons (Fsp3) is 0.545. The predicted molar refractivity (Wildman–Crippen MR) is 59.3 cm³/mol. The van der Waals surface area contributed by atoms with Crippen molar-refractivity contribution in [1.82, 2.24) is 15.2 Å². The standard InChI is InChI=1S/C11H16N4/c12-11-2-1-8(4-14-11)6-15-7-9-3-10(15)5-13-9/h1-2,4,9-10,13H,3,5-7H2,(H2,12,14)/t9-,10-/m0/s1. The van der Waals surface area contributed by atoms with Gasteiger partial charge in [-0.2, -0.15) is 0 Å². The van der Waals surface area contributed by atoms with Gasteiger partial charge in [0.2, 0.25) is 0 Å². The van der Waals surface area contributed by atoms with Gasteiger partial charge in [-0.25, -0.2) is 4.98 Å². The molecule has 0 spiro atoms. The molecule has 0 aliphatic carbocycles. The number of nitrogens with one attached hydrogen (secondary N) is 1. The summed E-state index contributed by atoms with van der Waals surface area (Å²) in [7, 11) is 0. The molecule has 0 unspecified atom stereocenters. The molecule has 2 atom stereocenters. The third kappa shape index (κ3) is 1.70. The van der Waals surface area contributed by atoms with Crippen molar-refractivity contribution in [3.63, 3.8) is 0 Å². The van der Waals surface area contributed by atoms with Crippen LogP contribution in [0.1, 0.15) is 12.0 Å². The molecule has 2 fully saturated rings. The predicted octanol–water partition coefficient (Wildman–Crippen LogP) is 0.210. The number of aromatic nitrogens is 1. The molecule has 1 aromatic heterocycles. The van der Waals surface area contributed by atoms with Gasteiger partial charge < -0.3 is 11.1 Å². The van der Waals surface area contributed by atoms with Crippen LogP contribution in [0, 0.1) is 0 Å². The van der Waals surface area contributed by atoms with Crippen LogP contribution in [0.2, 0.25) is 0 Å². The lowest BCUT2D eigenvalue weighted by Crippen LogP contribution is -2.42. The van der Waals surface area contributed by atoms with E-state index in [4.69, 9.17) is 5.73 Å². The summed E-state index contributed by atoms with van der Waals surface area (Å²) in [5.74, 6) is 0.600. The first-order chi connectivity index (χ1) is 7.31. The van der Waals surface area contributed by atoms with Gasteiger partial charge in [0, 0.05) is 37.9 Å². The maximum absolute atomic E-state index is 5.56. The largest absolute Gasteiger partial charge is 0.384 e. The minimum atomic E-state index is 0.600. The molecule has 0 radical (unpaired) electrons. The highest BCUT2D eigenvalue weighted by molar-refractivity contribution is 5.29. The molecule has 80 valence electrons. The lowest BCUT2D eigenvalue weighted by Gasteiger charge is -2.27. The van der Waals surface area contributed by atoms with E-state index >= 15 is 0 Å². The highest BCUT2D eigenvalue weighted by Gasteiger charge is 2.37. The maximum atomic E-state index is 5.56. The van der Waals surface area contributed by atoms with Crippen LogP contribution in [0.25, 0.3) is 0 Å². The van der Waals surface area contributed by atoms with E-state index in [-0.39, 0.29) is 0 Å². The summed E-state index contributed by atoms with van der Waals surface area (Å²) in [6.07, 6.45) is 3.19. The van der Waals surface area contributed by atoms with E-state index in [9.17, 15) is 0 Å². The molecular weight excluding hydrogens is 188 g/mol. The monoisotopic (exact) mass is 204 g/mol. The molecule has 4 heteroatoms. The molecule has 0 aromatic carbocycles. The molecule has 2 aliphatic heterocycles. The van der Waals surface area contributed by atoms with E-state index in [1.165, 1.54) is 18.5 Å². The van der Waals surface area contributed by atoms with Crippen LogP contribution in [0.5, 0.6) is 0 Å². The number of hydrogen-bond donors (Lipinski definition) is 2. The van der Waals surface area contributed by atoms with Crippen LogP contribution >= 0.6 is 0 Å². The summed E-state index contributed by atoms with van der Waals surface area (Å²) < 4.78 is 0. The van der Waals surface area contributed by atoms with Gasteiger partial charge in [-0.1, -0.05) is 6.07 Å². The molecular formula is C11H16N4. The molecule has 1 aromatic rings. The van der Waals surface area contributed by atoms with E-state index in [0.717, 1.165) is 25.2 Å². The molecule has 3 N–H and O–H groups in total. The van der Waals surface area contributed by atoms with Crippen LogP contribution < -0.4 is 11.1 Å². The first-order valence-corrected chi connectivity index (χ1v) is 5.49. The molecule has 15 heavy (non-hydrogen) atoms. The van der Waals surface area contributed by atoms with Crippen LogP contribution in [0.15, 0.2) is 18.3 Å². The van der Waals surface area contributed by atoms with Gasteiger partial charge in [-0.15, -0.1) is 0 Å². The number of pyridine rings is 1.